The van der Waals surface area contributed by atoms with Crippen molar-refractivity contribution in [2.45, 2.75) is 51.6 Å². The molecule has 24 heavy (non-hydrogen) atoms. The molecule has 0 aliphatic heterocycles. The lowest BCUT2D eigenvalue weighted by molar-refractivity contribution is 0.0696. The number of carboxylic acid groups (broad SMARTS) is 1. The number of benzene rings is 1. The van der Waals surface area contributed by atoms with Crippen molar-refractivity contribution in [1.29, 1.82) is 0 Å². The maximum absolute atomic E-state index is 11.2. The first-order valence-corrected chi connectivity index (χ1v) is 8.65. The van der Waals surface area contributed by atoms with Gasteiger partial charge < -0.3 is 10.4 Å². The van der Waals surface area contributed by atoms with E-state index in [4.69, 9.17) is 0 Å². The number of hydrogen-bond acceptors (Lipinski definition) is 3. The number of carbonyl (C=O) groups is 1. The molecule has 0 radical (unpaired) electrons. The molecule has 1 aromatic carbocycles. The third-order valence-electron chi connectivity index (χ3n) is 4.77. The van der Waals surface area contributed by atoms with Crippen molar-refractivity contribution in [3.63, 3.8) is 0 Å². The van der Waals surface area contributed by atoms with Crippen molar-refractivity contribution >= 4 is 5.97 Å². The van der Waals surface area contributed by atoms with Crippen LogP contribution in [0.2, 0.25) is 0 Å². The molecule has 1 unspecified atom stereocenters. The highest BCUT2D eigenvalue weighted by Crippen LogP contribution is 2.32. The second kappa shape index (κ2) is 7.18. The number of fused-ring (bicyclic) bond motifs is 1. The van der Waals surface area contributed by atoms with E-state index in [1.807, 2.05) is 29.1 Å². The van der Waals surface area contributed by atoms with Crippen molar-refractivity contribution in [2.24, 2.45) is 0 Å². The van der Waals surface area contributed by atoms with Crippen LogP contribution in [0.25, 0.3) is 0 Å². The van der Waals surface area contributed by atoms with Crippen LogP contribution in [-0.4, -0.2) is 27.4 Å². The highest BCUT2D eigenvalue weighted by molar-refractivity contribution is 5.88. The standard InChI is InChI=1S/C19H25N3O2/c1-13(2)22-17(8-9-21-22)12-20-11-16-5-3-4-14-6-7-15(19(23)24)10-18(14)16/h6-10,13,16,20H,3-5,11-12H2,1-2H3,(H,23,24). The Balaban J connectivity index is 1.68. The van der Waals surface area contributed by atoms with E-state index in [0.29, 0.717) is 17.5 Å². The Morgan fingerprint density at radius 1 is 1.42 bits per heavy atom. The predicted octanol–water partition coefficient (Wildman–Crippen LogP) is 3.37. The first-order valence-electron chi connectivity index (χ1n) is 8.65. The second-order valence-electron chi connectivity index (χ2n) is 6.80. The lowest BCUT2D eigenvalue weighted by Crippen LogP contribution is -2.25. The zero-order valence-corrected chi connectivity index (χ0v) is 14.3. The van der Waals surface area contributed by atoms with Gasteiger partial charge in [-0.3, -0.25) is 4.68 Å². The molecular formula is C19H25N3O2. The number of carboxylic acids is 1. The Morgan fingerprint density at radius 3 is 3.00 bits per heavy atom. The minimum Gasteiger partial charge on any atom is -0.478 e. The molecule has 5 heteroatoms. The van der Waals surface area contributed by atoms with E-state index in [2.05, 4.69) is 24.3 Å². The normalized spacial score (nSPS) is 17.0. The van der Waals surface area contributed by atoms with Crippen LogP contribution in [0.4, 0.5) is 0 Å². The van der Waals surface area contributed by atoms with Crippen molar-refractivity contribution in [3.8, 4) is 0 Å². The molecule has 0 amide bonds. The maximum atomic E-state index is 11.2. The highest BCUT2D eigenvalue weighted by Gasteiger charge is 2.21. The van der Waals surface area contributed by atoms with E-state index in [9.17, 15) is 9.90 Å². The van der Waals surface area contributed by atoms with E-state index in [1.54, 1.807) is 6.07 Å². The number of rotatable bonds is 6. The summed E-state index contributed by atoms with van der Waals surface area (Å²) < 4.78 is 2.03. The van der Waals surface area contributed by atoms with Gasteiger partial charge in [0.15, 0.2) is 0 Å². The summed E-state index contributed by atoms with van der Waals surface area (Å²) in [6.45, 7) is 5.89. The monoisotopic (exact) mass is 327 g/mol. The first-order chi connectivity index (χ1) is 11.6. The fraction of sp³-hybridized carbons (Fsp3) is 0.474. The van der Waals surface area contributed by atoms with Gasteiger partial charge in [-0.15, -0.1) is 0 Å². The van der Waals surface area contributed by atoms with Gasteiger partial charge in [0.1, 0.15) is 0 Å². The molecule has 128 valence electrons. The molecule has 1 aliphatic rings. The number of hydrogen-bond donors (Lipinski definition) is 2. The van der Waals surface area contributed by atoms with Gasteiger partial charge in [0.25, 0.3) is 0 Å². The number of aromatic carboxylic acids is 1. The summed E-state index contributed by atoms with van der Waals surface area (Å²) in [6, 6.07) is 7.97. The predicted molar refractivity (Wildman–Crippen MR) is 93.4 cm³/mol. The number of nitrogens with zero attached hydrogens (tertiary/aromatic N) is 2. The van der Waals surface area contributed by atoms with E-state index in [0.717, 1.165) is 32.4 Å². The molecular weight excluding hydrogens is 302 g/mol. The van der Waals surface area contributed by atoms with Crippen LogP contribution >= 0.6 is 0 Å². The topological polar surface area (TPSA) is 67.2 Å². The van der Waals surface area contributed by atoms with Crippen LogP contribution in [0.15, 0.2) is 30.5 Å². The van der Waals surface area contributed by atoms with Gasteiger partial charge in [-0.25, -0.2) is 4.79 Å². The van der Waals surface area contributed by atoms with E-state index >= 15 is 0 Å². The summed E-state index contributed by atoms with van der Waals surface area (Å²) in [6.07, 6.45) is 5.15. The number of aromatic nitrogens is 2. The van der Waals surface area contributed by atoms with Gasteiger partial charge in [0, 0.05) is 25.3 Å². The van der Waals surface area contributed by atoms with Gasteiger partial charge in [0.2, 0.25) is 0 Å². The Morgan fingerprint density at radius 2 is 2.25 bits per heavy atom. The molecule has 1 atom stereocenters. The third kappa shape index (κ3) is 3.51. The molecule has 1 aromatic heterocycles. The maximum Gasteiger partial charge on any atom is 0.335 e. The van der Waals surface area contributed by atoms with Gasteiger partial charge in [-0.1, -0.05) is 6.07 Å². The first kappa shape index (κ1) is 16.7. The third-order valence-corrected chi connectivity index (χ3v) is 4.77. The van der Waals surface area contributed by atoms with Gasteiger partial charge >= 0.3 is 5.97 Å². The Bertz CT molecular complexity index is 721. The lowest BCUT2D eigenvalue weighted by Gasteiger charge is -2.26. The summed E-state index contributed by atoms with van der Waals surface area (Å²) >= 11 is 0. The van der Waals surface area contributed by atoms with Gasteiger partial charge in [0.05, 0.1) is 11.3 Å². The highest BCUT2D eigenvalue weighted by atomic mass is 16.4. The summed E-state index contributed by atoms with van der Waals surface area (Å²) in [5.74, 6) is -0.473. The van der Waals surface area contributed by atoms with Gasteiger partial charge in [-0.2, -0.15) is 5.10 Å². The smallest absolute Gasteiger partial charge is 0.335 e. The van der Waals surface area contributed by atoms with Crippen molar-refractivity contribution in [2.75, 3.05) is 6.54 Å². The molecule has 2 N–H and O–H groups in total. The zero-order valence-electron chi connectivity index (χ0n) is 14.3. The van der Waals surface area contributed by atoms with Crippen LogP contribution < -0.4 is 5.32 Å². The molecule has 0 saturated heterocycles. The lowest BCUT2D eigenvalue weighted by atomic mass is 9.82. The fourth-order valence-electron chi connectivity index (χ4n) is 3.56. The largest absolute Gasteiger partial charge is 0.478 e. The van der Waals surface area contributed by atoms with Crippen LogP contribution in [0.5, 0.6) is 0 Å². The second-order valence-corrected chi connectivity index (χ2v) is 6.80. The van der Waals surface area contributed by atoms with Crippen LogP contribution in [0.1, 0.15) is 65.8 Å². The molecule has 2 aromatic rings. The van der Waals surface area contributed by atoms with E-state index in [1.165, 1.54) is 16.8 Å². The quantitative estimate of drug-likeness (QED) is 0.853. The Hall–Kier alpha value is -2.14. The van der Waals surface area contributed by atoms with Gasteiger partial charge in [-0.05, 0) is 68.4 Å². The van der Waals surface area contributed by atoms with Crippen molar-refractivity contribution in [1.82, 2.24) is 15.1 Å². The molecule has 0 bridgehead atoms. The number of nitrogens with one attached hydrogen (secondary N) is 1. The molecule has 0 saturated carbocycles. The van der Waals surface area contributed by atoms with Crippen LogP contribution in [-0.2, 0) is 13.0 Å². The molecule has 5 nitrogen and oxygen atoms in total. The molecule has 0 spiro atoms. The summed E-state index contributed by atoms with van der Waals surface area (Å²) in [4.78, 5) is 11.2. The van der Waals surface area contributed by atoms with Crippen LogP contribution in [0.3, 0.4) is 0 Å². The fourth-order valence-corrected chi connectivity index (χ4v) is 3.56. The average Bonchev–Trinajstić information content (AvgIpc) is 3.03. The number of aryl methyl sites for hydroxylation is 1. The minimum atomic E-state index is -0.851. The summed E-state index contributed by atoms with van der Waals surface area (Å²) in [5, 5.41) is 17.1. The zero-order chi connectivity index (χ0) is 17.1. The average molecular weight is 327 g/mol. The summed E-state index contributed by atoms with van der Waals surface area (Å²) in [7, 11) is 0. The van der Waals surface area contributed by atoms with Crippen molar-refractivity contribution in [3.05, 3.63) is 52.8 Å². The molecule has 1 heterocycles. The minimum absolute atomic E-state index is 0.352. The van der Waals surface area contributed by atoms with E-state index < -0.39 is 5.97 Å². The Labute approximate surface area is 142 Å². The SMILES string of the molecule is CC(C)n1nccc1CNCC1CCCc2ccc(C(=O)O)cc21. The molecule has 1 aliphatic carbocycles. The molecule has 3 rings (SSSR count). The van der Waals surface area contributed by atoms with Crippen LogP contribution in [0, 0.1) is 0 Å². The summed E-state index contributed by atoms with van der Waals surface area (Å²) in [5.41, 5.74) is 4.06. The Kier molecular flexibility index (Phi) is 5.00. The van der Waals surface area contributed by atoms with Crippen molar-refractivity contribution < 1.29 is 9.90 Å². The molecule has 0 fully saturated rings. The van der Waals surface area contributed by atoms with E-state index in [-0.39, 0.29) is 0 Å².